The number of thioether (sulfide) groups is 1. The van der Waals surface area contributed by atoms with Gasteiger partial charge in [-0.3, -0.25) is 4.79 Å². The van der Waals surface area contributed by atoms with Crippen molar-refractivity contribution in [3.8, 4) is 0 Å². The zero-order valence-electron chi connectivity index (χ0n) is 15.4. The Hall–Kier alpha value is -2.07. The maximum absolute atomic E-state index is 11.9. The van der Waals surface area contributed by atoms with E-state index in [1.807, 2.05) is 37.3 Å². The van der Waals surface area contributed by atoms with Crippen LogP contribution in [0.15, 0.2) is 64.6 Å². The third kappa shape index (κ3) is 6.39. The van der Waals surface area contributed by atoms with Crippen LogP contribution in [0.25, 0.3) is 0 Å². The van der Waals surface area contributed by atoms with E-state index in [4.69, 9.17) is 0 Å². The van der Waals surface area contributed by atoms with E-state index in [1.165, 1.54) is 10.5 Å². The third-order valence-electron chi connectivity index (χ3n) is 3.86. The fourth-order valence-corrected chi connectivity index (χ4v) is 3.13. The molecule has 0 aromatic heterocycles. The van der Waals surface area contributed by atoms with Crippen LogP contribution in [0.3, 0.4) is 0 Å². The molecule has 0 atom stereocenters. The second kappa shape index (κ2) is 8.86. The van der Waals surface area contributed by atoms with E-state index in [9.17, 15) is 4.79 Å². The van der Waals surface area contributed by atoms with Crippen molar-refractivity contribution in [1.82, 2.24) is 5.43 Å². The van der Waals surface area contributed by atoms with Gasteiger partial charge in [0.05, 0.1) is 5.71 Å². The molecule has 1 N–H and O–H groups in total. The van der Waals surface area contributed by atoms with Gasteiger partial charge in [0.15, 0.2) is 0 Å². The molecule has 4 heteroatoms. The van der Waals surface area contributed by atoms with Gasteiger partial charge in [0.1, 0.15) is 0 Å². The lowest BCUT2D eigenvalue weighted by Gasteiger charge is -2.19. The summed E-state index contributed by atoms with van der Waals surface area (Å²) in [6.45, 7) is 8.48. The molecule has 0 unspecified atom stereocenters. The van der Waals surface area contributed by atoms with E-state index < -0.39 is 0 Å². The summed E-state index contributed by atoms with van der Waals surface area (Å²) in [6, 6.07) is 18.4. The fourth-order valence-electron chi connectivity index (χ4n) is 2.26. The molecule has 0 aliphatic carbocycles. The smallest absolute Gasteiger partial charge is 0.240 e. The maximum Gasteiger partial charge on any atom is 0.240 e. The number of hydrazone groups is 1. The highest BCUT2D eigenvalue weighted by Crippen LogP contribution is 2.22. The molecule has 0 aliphatic heterocycles. The maximum atomic E-state index is 11.9. The first kappa shape index (κ1) is 19.3. The Morgan fingerprint density at radius 3 is 2.28 bits per heavy atom. The summed E-state index contributed by atoms with van der Waals surface area (Å²) in [5.41, 5.74) is 5.89. The monoisotopic (exact) mass is 354 g/mol. The van der Waals surface area contributed by atoms with Gasteiger partial charge in [-0.15, -0.1) is 11.8 Å². The Labute approximate surface area is 154 Å². The summed E-state index contributed by atoms with van der Waals surface area (Å²) in [4.78, 5) is 13.1. The van der Waals surface area contributed by atoms with Crippen molar-refractivity contribution in [3.05, 3.63) is 65.7 Å². The molecule has 0 bridgehead atoms. The van der Waals surface area contributed by atoms with Crippen molar-refractivity contribution in [2.24, 2.45) is 5.10 Å². The molecule has 3 nitrogen and oxygen atoms in total. The second-order valence-electron chi connectivity index (χ2n) is 6.97. The van der Waals surface area contributed by atoms with E-state index in [1.54, 1.807) is 11.8 Å². The van der Waals surface area contributed by atoms with Gasteiger partial charge in [-0.05, 0) is 35.6 Å². The number of hydrogen-bond donors (Lipinski definition) is 1. The van der Waals surface area contributed by atoms with Gasteiger partial charge < -0.3 is 0 Å². The SMILES string of the molecule is C/C(=N\NC(=O)CCSc1ccccc1)c1ccc(C(C)(C)C)cc1. The van der Waals surface area contributed by atoms with Crippen molar-refractivity contribution in [2.45, 2.75) is 44.4 Å². The van der Waals surface area contributed by atoms with Crippen LogP contribution in [0, 0.1) is 0 Å². The van der Waals surface area contributed by atoms with Gasteiger partial charge in [0.25, 0.3) is 0 Å². The quantitative estimate of drug-likeness (QED) is 0.450. The zero-order chi connectivity index (χ0) is 18.3. The molecular formula is C21H26N2OS. The van der Waals surface area contributed by atoms with Crippen molar-refractivity contribution >= 4 is 23.4 Å². The van der Waals surface area contributed by atoms with Crippen LogP contribution in [0.4, 0.5) is 0 Å². The van der Waals surface area contributed by atoms with E-state index >= 15 is 0 Å². The molecule has 0 saturated heterocycles. The van der Waals surface area contributed by atoms with Gasteiger partial charge in [-0.1, -0.05) is 63.2 Å². The molecule has 0 heterocycles. The standard InChI is InChI=1S/C21H26N2OS/c1-16(17-10-12-18(13-11-17)21(2,3)4)22-23-20(24)14-15-25-19-8-6-5-7-9-19/h5-13H,14-15H2,1-4H3,(H,23,24)/b22-16+. The molecule has 25 heavy (non-hydrogen) atoms. The van der Waals surface area contributed by atoms with Crippen LogP contribution in [-0.2, 0) is 10.2 Å². The summed E-state index contributed by atoms with van der Waals surface area (Å²) < 4.78 is 0. The minimum Gasteiger partial charge on any atom is -0.273 e. The summed E-state index contributed by atoms with van der Waals surface area (Å²) >= 11 is 1.67. The normalized spacial score (nSPS) is 12.1. The Kier molecular flexibility index (Phi) is 6.82. The van der Waals surface area contributed by atoms with Gasteiger partial charge in [-0.2, -0.15) is 5.10 Å². The number of benzene rings is 2. The molecule has 1 amide bonds. The van der Waals surface area contributed by atoms with Gasteiger partial charge in [-0.25, -0.2) is 5.43 Å². The largest absolute Gasteiger partial charge is 0.273 e. The molecule has 0 spiro atoms. The lowest BCUT2D eigenvalue weighted by molar-refractivity contribution is -0.120. The van der Waals surface area contributed by atoms with Gasteiger partial charge in [0.2, 0.25) is 5.91 Å². The highest BCUT2D eigenvalue weighted by molar-refractivity contribution is 7.99. The first-order valence-electron chi connectivity index (χ1n) is 8.48. The van der Waals surface area contributed by atoms with E-state index in [-0.39, 0.29) is 11.3 Å². The van der Waals surface area contributed by atoms with Crippen LogP contribution in [0.2, 0.25) is 0 Å². The van der Waals surface area contributed by atoms with E-state index in [2.05, 4.69) is 55.6 Å². The minimum atomic E-state index is -0.0610. The lowest BCUT2D eigenvalue weighted by Crippen LogP contribution is -2.19. The number of carbonyl (C=O) groups is 1. The van der Waals surface area contributed by atoms with Crippen molar-refractivity contribution in [1.29, 1.82) is 0 Å². The molecule has 0 radical (unpaired) electrons. The van der Waals surface area contributed by atoms with Crippen molar-refractivity contribution in [2.75, 3.05) is 5.75 Å². The molecular weight excluding hydrogens is 328 g/mol. The summed E-state index contributed by atoms with van der Waals surface area (Å²) in [7, 11) is 0. The molecule has 132 valence electrons. The van der Waals surface area contributed by atoms with Crippen LogP contribution >= 0.6 is 11.8 Å². The second-order valence-corrected chi connectivity index (χ2v) is 8.14. The first-order valence-corrected chi connectivity index (χ1v) is 9.47. The van der Waals surface area contributed by atoms with Gasteiger partial charge in [0, 0.05) is 17.1 Å². The molecule has 0 fully saturated rings. The topological polar surface area (TPSA) is 41.5 Å². The molecule has 2 aromatic carbocycles. The van der Waals surface area contributed by atoms with Crippen LogP contribution < -0.4 is 5.43 Å². The highest BCUT2D eigenvalue weighted by Gasteiger charge is 2.13. The average molecular weight is 355 g/mol. The Morgan fingerprint density at radius 2 is 1.68 bits per heavy atom. The minimum absolute atomic E-state index is 0.0610. The predicted molar refractivity (Wildman–Crippen MR) is 107 cm³/mol. The van der Waals surface area contributed by atoms with E-state index in [0.29, 0.717) is 6.42 Å². The Morgan fingerprint density at radius 1 is 1.04 bits per heavy atom. The summed E-state index contributed by atoms with van der Waals surface area (Å²) in [5, 5.41) is 4.22. The zero-order valence-corrected chi connectivity index (χ0v) is 16.2. The number of nitrogens with one attached hydrogen (secondary N) is 1. The van der Waals surface area contributed by atoms with E-state index in [0.717, 1.165) is 17.0 Å². The molecule has 2 rings (SSSR count). The predicted octanol–water partition coefficient (Wildman–Crippen LogP) is 5.01. The summed E-state index contributed by atoms with van der Waals surface area (Å²) in [6.07, 6.45) is 0.444. The number of rotatable bonds is 6. The molecule has 0 saturated carbocycles. The number of hydrogen-bond acceptors (Lipinski definition) is 3. The first-order chi connectivity index (χ1) is 11.9. The number of nitrogens with zero attached hydrogens (tertiary/aromatic N) is 1. The van der Waals surface area contributed by atoms with Crippen LogP contribution in [-0.4, -0.2) is 17.4 Å². The number of amides is 1. The molecule has 2 aromatic rings. The van der Waals surface area contributed by atoms with Crippen LogP contribution in [0.1, 0.15) is 45.2 Å². The summed E-state index contributed by atoms with van der Waals surface area (Å²) in [5.74, 6) is 0.680. The lowest BCUT2D eigenvalue weighted by atomic mass is 9.86. The average Bonchev–Trinajstić information content (AvgIpc) is 2.60. The Bertz CT molecular complexity index is 716. The molecule has 0 aliphatic rings. The Balaban J connectivity index is 1.82. The fraction of sp³-hybridized carbons (Fsp3) is 0.333. The highest BCUT2D eigenvalue weighted by atomic mass is 32.2. The van der Waals surface area contributed by atoms with Crippen molar-refractivity contribution in [3.63, 3.8) is 0 Å². The van der Waals surface area contributed by atoms with Gasteiger partial charge >= 0.3 is 0 Å². The van der Waals surface area contributed by atoms with Crippen molar-refractivity contribution < 1.29 is 4.79 Å². The van der Waals surface area contributed by atoms with Crippen LogP contribution in [0.5, 0.6) is 0 Å². The number of carbonyl (C=O) groups excluding carboxylic acids is 1. The third-order valence-corrected chi connectivity index (χ3v) is 4.87.